The highest BCUT2D eigenvalue weighted by molar-refractivity contribution is 5.86. The molecule has 5 heteroatoms. The van der Waals surface area contributed by atoms with Crippen molar-refractivity contribution in [2.45, 2.75) is 50.7 Å². The molecule has 0 N–H and O–H groups in total. The zero-order valence-electron chi connectivity index (χ0n) is 12.4. The molecule has 4 rings (SSSR count). The molecular weight excluding hydrogens is 272 g/mol. The number of fused-ring (bicyclic) bond motifs is 1. The van der Waals surface area contributed by atoms with Gasteiger partial charge >= 0.3 is 11.9 Å². The first-order valence-corrected chi connectivity index (χ1v) is 7.64. The fourth-order valence-electron chi connectivity index (χ4n) is 4.07. The molecule has 0 radical (unpaired) electrons. The van der Waals surface area contributed by atoms with E-state index in [0.717, 1.165) is 32.1 Å². The SMILES string of the molecule is C=C(C)C(=O)OCCOC12CC3CC(C1)OC(=O)C(C3)C2. The van der Waals surface area contributed by atoms with E-state index in [9.17, 15) is 9.59 Å². The van der Waals surface area contributed by atoms with Crippen molar-refractivity contribution in [3.63, 3.8) is 0 Å². The number of rotatable bonds is 5. The number of carbonyl (C=O) groups excluding carboxylic acids is 2. The van der Waals surface area contributed by atoms with E-state index < -0.39 is 0 Å². The molecule has 4 aliphatic rings. The van der Waals surface area contributed by atoms with Crippen LogP contribution in [0, 0.1) is 11.8 Å². The highest BCUT2D eigenvalue weighted by atomic mass is 16.6. The molecule has 0 amide bonds. The lowest BCUT2D eigenvalue weighted by atomic mass is 9.65. The Bertz CT molecular complexity index is 471. The third kappa shape index (κ3) is 2.98. The second-order valence-corrected chi connectivity index (χ2v) is 6.65. The van der Waals surface area contributed by atoms with Crippen molar-refractivity contribution in [2.24, 2.45) is 11.8 Å². The molecule has 2 heterocycles. The van der Waals surface area contributed by atoms with Crippen LogP contribution in [0.4, 0.5) is 0 Å². The Kier molecular flexibility index (Phi) is 3.78. The quantitative estimate of drug-likeness (QED) is 0.441. The van der Waals surface area contributed by atoms with Gasteiger partial charge in [0.2, 0.25) is 0 Å². The van der Waals surface area contributed by atoms with Gasteiger partial charge in [-0.2, -0.15) is 0 Å². The number of hydrogen-bond donors (Lipinski definition) is 0. The molecule has 5 nitrogen and oxygen atoms in total. The highest BCUT2D eigenvalue weighted by Crippen LogP contribution is 2.51. The third-order valence-electron chi connectivity index (χ3n) is 4.78. The maximum Gasteiger partial charge on any atom is 0.333 e. The van der Waals surface area contributed by atoms with E-state index in [0.29, 0.717) is 18.1 Å². The Morgan fingerprint density at radius 3 is 2.90 bits per heavy atom. The van der Waals surface area contributed by atoms with Crippen LogP contribution in [0.5, 0.6) is 0 Å². The topological polar surface area (TPSA) is 61.8 Å². The highest BCUT2D eigenvalue weighted by Gasteiger charge is 2.53. The fraction of sp³-hybridized carbons (Fsp3) is 0.750. The monoisotopic (exact) mass is 294 g/mol. The molecule has 21 heavy (non-hydrogen) atoms. The molecule has 0 aromatic rings. The number of carbonyl (C=O) groups is 2. The molecule has 2 aliphatic heterocycles. The van der Waals surface area contributed by atoms with Gasteiger partial charge in [-0.25, -0.2) is 4.79 Å². The molecule has 2 saturated carbocycles. The molecule has 0 spiro atoms. The maximum atomic E-state index is 11.9. The van der Waals surface area contributed by atoms with Crippen LogP contribution >= 0.6 is 0 Å². The van der Waals surface area contributed by atoms with Crippen LogP contribution in [0.15, 0.2) is 12.2 Å². The van der Waals surface area contributed by atoms with Crippen LogP contribution in [0.3, 0.4) is 0 Å². The molecule has 0 aromatic carbocycles. The Labute approximate surface area is 124 Å². The molecule has 4 unspecified atom stereocenters. The van der Waals surface area contributed by atoms with Crippen molar-refractivity contribution in [1.29, 1.82) is 0 Å². The normalized spacial score (nSPS) is 37.0. The van der Waals surface area contributed by atoms with E-state index >= 15 is 0 Å². The summed E-state index contributed by atoms with van der Waals surface area (Å²) in [5.41, 5.74) is 0.124. The predicted octanol–water partition coefficient (Wildman–Crippen LogP) is 2.00. The smallest absolute Gasteiger partial charge is 0.333 e. The van der Waals surface area contributed by atoms with Gasteiger partial charge in [0.15, 0.2) is 0 Å². The zero-order chi connectivity index (χ0) is 15.0. The van der Waals surface area contributed by atoms with Gasteiger partial charge in [0, 0.05) is 12.0 Å². The molecule has 2 aliphatic carbocycles. The maximum absolute atomic E-state index is 11.9. The lowest BCUT2D eigenvalue weighted by Crippen LogP contribution is -2.47. The van der Waals surface area contributed by atoms with Gasteiger partial charge in [0.05, 0.1) is 18.1 Å². The van der Waals surface area contributed by atoms with Gasteiger partial charge in [-0.15, -0.1) is 0 Å². The summed E-state index contributed by atoms with van der Waals surface area (Å²) in [6, 6.07) is 0. The van der Waals surface area contributed by atoms with E-state index in [4.69, 9.17) is 14.2 Å². The predicted molar refractivity (Wildman–Crippen MR) is 74.4 cm³/mol. The summed E-state index contributed by atoms with van der Waals surface area (Å²) in [6.45, 7) is 5.74. The summed E-state index contributed by atoms with van der Waals surface area (Å²) < 4.78 is 16.6. The van der Waals surface area contributed by atoms with Crippen LogP contribution in [-0.2, 0) is 23.8 Å². The Hall–Kier alpha value is -1.36. The fourth-order valence-corrected chi connectivity index (χ4v) is 4.07. The van der Waals surface area contributed by atoms with Crippen LogP contribution < -0.4 is 0 Å². The second-order valence-electron chi connectivity index (χ2n) is 6.65. The van der Waals surface area contributed by atoms with E-state index in [-0.39, 0.29) is 36.2 Å². The average Bonchev–Trinajstić information content (AvgIpc) is 2.57. The molecule has 0 aromatic heterocycles. The van der Waals surface area contributed by atoms with Gasteiger partial charge < -0.3 is 14.2 Å². The van der Waals surface area contributed by atoms with E-state index in [1.165, 1.54) is 0 Å². The van der Waals surface area contributed by atoms with Gasteiger partial charge in [-0.1, -0.05) is 6.58 Å². The Balaban J connectivity index is 1.56. The first-order valence-electron chi connectivity index (χ1n) is 7.64. The minimum absolute atomic E-state index is 0.00159. The van der Waals surface area contributed by atoms with Crippen molar-refractivity contribution < 1.29 is 23.8 Å². The summed E-state index contributed by atoms with van der Waals surface area (Å²) in [6.07, 6.45) is 4.42. The summed E-state index contributed by atoms with van der Waals surface area (Å²) >= 11 is 0. The van der Waals surface area contributed by atoms with Crippen molar-refractivity contribution >= 4 is 11.9 Å². The van der Waals surface area contributed by atoms with Crippen molar-refractivity contribution in [1.82, 2.24) is 0 Å². The van der Waals surface area contributed by atoms with Crippen LogP contribution in [0.1, 0.15) is 39.0 Å². The van der Waals surface area contributed by atoms with Crippen molar-refractivity contribution in [2.75, 3.05) is 13.2 Å². The molecule has 4 atom stereocenters. The molecule has 4 fully saturated rings. The second kappa shape index (κ2) is 5.44. The van der Waals surface area contributed by atoms with Crippen molar-refractivity contribution in [3.05, 3.63) is 12.2 Å². The van der Waals surface area contributed by atoms with E-state index in [1.54, 1.807) is 6.92 Å². The van der Waals surface area contributed by atoms with Gasteiger partial charge in [0.25, 0.3) is 0 Å². The molecule has 4 bridgehead atoms. The van der Waals surface area contributed by atoms with E-state index in [2.05, 4.69) is 6.58 Å². The Morgan fingerprint density at radius 1 is 1.33 bits per heavy atom. The first kappa shape index (κ1) is 14.6. The number of ether oxygens (including phenoxy) is 3. The van der Waals surface area contributed by atoms with Crippen LogP contribution in [-0.4, -0.2) is 36.9 Å². The van der Waals surface area contributed by atoms with Gasteiger partial charge in [-0.3, -0.25) is 4.79 Å². The van der Waals surface area contributed by atoms with E-state index in [1.807, 2.05) is 0 Å². The largest absolute Gasteiger partial charge is 0.462 e. The standard InChI is InChI=1S/C16H22O5/c1-10(2)14(17)19-3-4-20-16-7-11-5-12(8-16)15(18)21-13(6-11)9-16/h11-13H,1,3-9H2,2H3. The molecule has 2 saturated heterocycles. The molecular formula is C16H22O5. The number of esters is 2. The number of hydrogen-bond acceptors (Lipinski definition) is 5. The average molecular weight is 294 g/mol. The Morgan fingerprint density at radius 2 is 2.14 bits per heavy atom. The molecule has 116 valence electrons. The first-order chi connectivity index (χ1) is 9.97. The third-order valence-corrected chi connectivity index (χ3v) is 4.78. The van der Waals surface area contributed by atoms with Crippen molar-refractivity contribution in [3.8, 4) is 0 Å². The summed E-state index contributed by atoms with van der Waals surface area (Å²) in [5.74, 6) is 0.0578. The summed E-state index contributed by atoms with van der Waals surface area (Å²) in [5, 5.41) is 0. The lowest BCUT2D eigenvalue weighted by molar-refractivity contribution is -0.154. The van der Waals surface area contributed by atoms with Gasteiger partial charge in [0.1, 0.15) is 12.7 Å². The summed E-state index contributed by atoms with van der Waals surface area (Å²) in [7, 11) is 0. The lowest BCUT2D eigenvalue weighted by Gasteiger charge is -2.46. The summed E-state index contributed by atoms with van der Waals surface area (Å²) in [4.78, 5) is 23.3. The minimum atomic E-state index is -0.389. The van der Waals surface area contributed by atoms with Crippen LogP contribution in [0.25, 0.3) is 0 Å². The minimum Gasteiger partial charge on any atom is -0.462 e. The zero-order valence-corrected chi connectivity index (χ0v) is 12.4. The van der Waals surface area contributed by atoms with Gasteiger partial charge in [-0.05, 0) is 38.5 Å². The van der Waals surface area contributed by atoms with Crippen LogP contribution in [0.2, 0.25) is 0 Å².